The van der Waals surface area contributed by atoms with E-state index in [0.29, 0.717) is 19.1 Å². The Balaban J connectivity index is 1.15. The third-order valence-corrected chi connectivity index (χ3v) is 5.68. The van der Waals surface area contributed by atoms with Crippen molar-refractivity contribution in [2.45, 2.75) is 31.8 Å². The molecule has 0 radical (unpaired) electrons. The molecule has 0 bridgehead atoms. The maximum atomic E-state index is 12.3. The molecule has 2 heterocycles. The van der Waals surface area contributed by atoms with Crippen molar-refractivity contribution in [2.24, 2.45) is 5.92 Å². The second-order valence-corrected chi connectivity index (χ2v) is 7.88. The Hall–Kier alpha value is -2.53. The lowest BCUT2D eigenvalue weighted by atomic mass is 9.97. The quantitative estimate of drug-likeness (QED) is 0.839. The van der Waals surface area contributed by atoms with Crippen LogP contribution in [-0.2, 0) is 13.0 Å². The molecule has 2 amide bonds. The van der Waals surface area contributed by atoms with E-state index in [0.717, 1.165) is 44.6 Å². The van der Waals surface area contributed by atoms with Gasteiger partial charge in [-0.3, -0.25) is 4.90 Å². The minimum atomic E-state index is -0.0552. The number of fused-ring (bicyclic) bond motifs is 1. The van der Waals surface area contributed by atoms with Gasteiger partial charge in [-0.05, 0) is 36.5 Å². The average Bonchev–Trinajstić information content (AvgIpc) is 2.74. The molecular weight excluding hydrogens is 350 g/mol. The molecule has 0 aliphatic carbocycles. The molecule has 1 atom stereocenters. The topological polar surface area (TPSA) is 53.6 Å². The number of benzene rings is 2. The number of piperidine rings is 1. The molecule has 148 valence electrons. The molecule has 1 unspecified atom stereocenters. The highest BCUT2D eigenvalue weighted by molar-refractivity contribution is 5.74. The number of nitrogens with zero attached hydrogens (tertiary/aromatic N) is 1. The fourth-order valence-electron chi connectivity index (χ4n) is 4.07. The summed E-state index contributed by atoms with van der Waals surface area (Å²) in [5, 5.41) is 6.18. The Morgan fingerprint density at radius 2 is 1.79 bits per heavy atom. The zero-order valence-electron chi connectivity index (χ0n) is 16.3. The van der Waals surface area contributed by atoms with Crippen LogP contribution in [0.4, 0.5) is 4.79 Å². The summed E-state index contributed by atoms with van der Waals surface area (Å²) in [6.07, 6.45) is 2.95. The van der Waals surface area contributed by atoms with E-state index >= 15 is 0 Å². The summed E-state index contributed by atoms with van der Waals surface area (Å²) in [5.41, 5.74) is 2.58. The van der Waals surface area contributed by atoms with Crippen LogP contribution in [0.15, 0.2) is 54.6 Å². The second-order valence-electron chi connectivity index (χ2n) is 7.88. The number of likely N-dealkylation sites (tertiary alicyclic amines) is 1. The van der Waals surface area contributed by atoms with Crippen molar-refractivity contribution in [3.05, 3.63) is 65.7 Å². The van der Waals surface area contributed by atoms with Crippen LogP contribution in [0, 0.1) is 5.92 Å². The lowest BCUT2D eigenvalue weighted by Crippen LogP contribution is -2.49. The maximum absolute atomic E-state index is 12.3. The van der Waals surface area contributed by atoms with Crippen LogP contribution in [0.3, 0.4) is 0 Å². The van der Waals surface area contributed by atoms with Gasteiger partial charge in [0.2, 0.25) is 0 Å². The van der Waals surface area contributed by atoms with Crippen molar-refractivity contribution < 1.29 is 9.53 Å². The minimum absolute atomic E-state index is 0.0552. The molecule has 2 aromatic rings. The number of carbonyl (C=O) groups excluding carboxylic acids is 1. The van der Waals surface area contributed by atoms with Crippen LogP contribution in [0.25, 0.3) is 0 Å². The van der Waals surface area contributed by atoms with E-state index in [4.69, 9.17) is 4.74 Å². The van der Waals surface area contributed by atoms with Gasteiger partial charge in [0, 0.05) is 38.1 Å². The van der Waals surface area contributed by atoms with Gasteiger partial charge in [-0.15, -0.1) is 0 Å². The van der Waals surface area contributed by atoms with Gasteiger partial charge in [-0.2, -0.15) is 0 Å². The zero-order valence-corrected chi connectivity index (χ0v) is 16.3. The minimum Gasteiger partial charge on any atom is -0.493 e. The van der Waals surface area contributed by atoms with E-state index in [1.54, 1.807) is 0 Å². The Morgan fingerprint density at radius 1 is 1.04 bits per heavy atom. The van der Waals surface area contributed by atoms with Crippen molar-refractivity contribution in [1.82, 2.24) is 15.5 Å². The van der Waals surface area contributed by atoms with Crippen molar-refractivity contribution in [2.75, 3.05) is 26.2 Å². The van der Waals surface area contributed by atoms with Crippen LogP contribution in [0.1, 0.15) is 24.0 Å². The molecular formula is C23H29N3O2. The highest BCUT2D eigenvalue weighted by Crippen LogP contribution is 2.26. The van der Waals surface area contributed by atoms with E-state index in [2.05, 4.69) is 51.9 Å². The van der Waals surface area contributed by atoms with Crippen LogP contribution < -0.4 is 15.4 Å². The summed E-state index contributed by atoms with van der Waals surface area (Å²) in [6, 6.07) is 18.9. The molecule has 2 aliphatic heterocycles. The molecule has 0 spiro atoms. The first kappa shape index (κ1) is 18.8. The van der Waals surface area contributed by atoms with Gasteiger partial charge < -0.3 is 15.4 Å². The van der Waals surface area contributed by atoms with Crippen LogP contribution >= 0.6 is 0 Å². The SMILES string of the molecule is O=C(NCC1COc2ccccc2C1)NC1CCN(Cc2ccccc2)CC1. The summed E-state index contributed by atoms with van der Waals surface area (Å²) >= 11 is 0. The summed E-state index contributed by atoms with van der Waals surface area (Å²) in [7, 11) is 0. The highest BCUT2D eigenvalue weighted by atomic mass is 16.5. The molecule has 2 N–H and O–H groups in total. The van der Waals surface area contributed by atoms with Crippen LogP contribution in [0.5, 0.6) is 5.75 Å². The molecule has 2 aliphatic rings. The number of hydrogen-bond acceptors (Lipinski definition) is 3. The fourth-order valence-corrected chi connectivity index (χ4v) is 4.07. The number of ether oxygens (including phenoxy) is 1. The van der Waals surface area contributed by atoms with Gasteiger partial charge >= 0.3 is 6.03 Å². The Labute approximate surface area is 167 Å². The summed E-state index contributed by atoms with van der Waals surface area (Å²) < 4.78 is 5.80. The smallest absolute Gasteiger partial charge is 0.315 e. The highest BCUT2D eigenvalue weighted by Gasteiger charge is 2.22. The van der Waals surface area contributed by atoms with Gasteiger partial charge in [0.05, 0.1) is 6.61 Å². The first-order valence-corrected chi connectivity index (χ1v) is 10.3. The molecule has 1 saturated heterocycles. The summed E-state index contributed by atoms with van der Waals surface area (Å²) in [4.78, 5) is 14.8. The van der Waals surface area contributed by atoms with Crippen LogP contribution in [-0.4, -0.2) is 43.2 Å². The van der Waals surface area contributed by atoms with Crippen molar-refractivity contribution in [3.8, 4) is 5.75 Å². The summed E-state index contributed by atoms with van der Waals surface area (Å²) in [5.74, 6) is 1.30. The van der Waals surface area contributed by atoms with E-state index < -0.39 is 0 Å². The third-order valence-electron chi connectivity index (χ3n) is 5.68. The van der Waals surface area contributed by atoms with E-state index in [-0.39, 0.29) is 12.1 Å². The molecule has 0 saturated carbocycles. The normalized spacial score (nSPS) is 20.1. The molecule has 1 fully saturated rings. The molecule has 28 heavy (non-hydrogen) atoms. The van der Waals surface area contributed by atoms with E-state index in [9.17, 15) is 4.79 Å². The van der Waals surface area contributed by atoms with Crippen LogP contribution in [0.2, 0.25) is 0 Å². The van der Waals surface area contributed by atoms with Gasteiger partial charge in [0.1, 0.15) is 5.75 Å². The van der Waals surface area contributed by atoms with Crippen molar-refractivity contribution in [3.63, 3.8) is 0 Å². The zero-order chi connectivity index (χ0) is 19.2. The fraction of sp³-hybridized carbons (Fsp3) is 0.435. The Morgan fingerprint density at radius 3 is 2.61 bits per heavy atom. The second kappa shape index (κ2) is 9.11. The predicted molar refractivity (Wildman–Crippen MR) is 110 cm³/mol. The molecule has 2 aromatic carbocycles. The Kier molecular flexibility index (Phi) is 6.12. The van der Waals surface area contributed by atoms with E-state index in [1.165, 1.54) is 11.1 Å². The standard InChI is InChI=1S/C23H29N3O2/c27-23(24-15-19-14-20-8-4-5-9-22(20)28-17-19)25-21-10-12-26(13-11-21)16-18-6-2-1-3-7-18/h1-9,19,21H,10-17H2,(H2,24,25,27). The number of rotatable bonds is 5. The third kappa shape index (κ3) is 5.04. The first-order chi connectivity index (χ1) is 13.8. The number of carbonyl (C=O) groups is 1. The monoisotopic (exact) mass is 379 g/mol. The maximum Gasteiger partial charge on any atom is 0.315 e. The van der Waals surface area contributed by atoms with Gasteiger partial charge in [-0.1, -0.05) is 48.5 Å². The molecule has 5 heteroatoms. The average molecular weight is 380 g/mol. The summed E-state index contributed by atoms with van der Waals surface area (Å²) in [6.45, 7) is 4.34. The molecule has 0 aromatic heterocycles. The van der Waals surface area contributed by atoms with Gasteiger partial charge in [0.15, 0.2) is 0 Å². The number of nitrogens with one attached hydrogen (secondary N) is 2. The lowest BCUT2D eigenvalue weighted by molar-refractivity contribution is 0.183. The first-order valence-electron chi connectivity index (χ1n) is 10.3. The van der Waals surface area contributed by atoms with Gasteiger partial charge in [-0.25, -0.2) is 4.79 Å². The van der Waals surface area contributed by atoms with E-state index in [1.807, 2.05) is 18.2 Å². The number of amides is 2. The van der Waals surface area contributed by atoms with Crippen molar-refractivity contribution in [1.29, 1.82) is 0 Å². The van der Waals surface area contributed by atoms with Gasteiger partial charge in [0.25, 0.3) is 0 Å². The number of hydrogen-bond donors (Lipinski definition) is 2. The number of urea groups is 1. The largest absolute Gasteiger partial charge is 0.493 e. The Bertz CT molecular complexity index is 772. The lowest BCUT2D eigenvalue weighted by Gasteiger charge is -2.32. The predicted octanol–water partition coefficient (Wildman–Crippen LogP) is 3.20. The molecule has 5 nitrogen and oxygen atoms in total. The number of para-hydroxylation sites is 1. The van der Waals surface area contributed by atoms with Crippen molar-refractivity contribution >= 4 is 6.03 Å². The molecule has 4 rings (SSSR count).